The van der Waals surface area contributed by atoms with Gasteiger partial charge in [-0.15, -0.1) is 0 Å². The molecule has 3 atom stereocenters. The van der Waals surface area contributed by atoms with Gasteiger partial charge in [0.15, 0.2) is 0 Å². The Morgan fingerprint density at radius 2 is 1.77 bits per heavy atom. The third kappa shape index (κ3) is 3.22. The summed E-state index contributed by atoms with van der Waals surface area (Å²) in [6, 6.07) is 14.9. The zero-order chi connectivity index (χ0) is 18.1. The van der Waals surface area contributed by atoms with E-state index in [1.807, 2.05) is 17.9 Å². The van der Waals surface area contributed by atoms with Crippen molar-refractivity contribution in [1.29, 1.82) is 0 Å². The molecule has 0 aliphatic carbocycles. The highest BCUT2D eigenvalue weighted by atomic mass is 19.1. The first-order valence-corrected chi connectivity index (χ1v) is 8.94. The van der Waals surface area contributed by atoms with E-state index in [1.165, 1.54) is 23.3 Å². The van der Waals surface area contributed by atoms with Crippen LogP contribution >= 0.6 is 0 Å². The molecular weight excluding hydrogens is 329 g/mol. The highest BCUT2D eigenvalue weighted by Gasteiger charge is 2.48. The molecule has 0 radical (unpaired) electrons. The molecule has 134 valence electrons. The minimum absolute atomic E-state index is 0.130. The summed E-state index contributed by atoms with van der Waals surface area (Å²) in [6.45, 7) is 3.36. The molecule has 5 rings (SSSR count). The van der Waals surface area contributed by atoms with E-state index in [9.17, 15) is 9.18 Å². The third-order valence-electron chi connectivity index (χ3n) is 5.19. The van der Waals surface area contributed by atoms with E-state index in [4.69, 9.17) is 0 Å². The van der Waals surface area contributed by atoms with Crippen LogP contribution in [0.4, 0.5) is 14.9 Å². The molecular formula is C21H22FN3O. The van der Waals surface area contributed by atoms with Crippen molar-refractivity contribution in [3.8, 4) is 0 Å². The van der Waals surface area contributed by atoms with E-state index in [0.29, 0.717) is 24.7 Å². The lowest BCUT2D eigenvalue weighted by molar-refractivity contribution is 0.0759. The third-order valence-corrected chi connectivity index (χ3v) is 5.19. The van der Waals surface area contributed by atoms with Crippen LogP contribution in [-0.2, 0) is 0 Å². The SMILES string of the molecule is C/C=C/c1ccc(C2[C@@H]3CN(C(=O)Nc4ccc(F)cc4)C[C@H]2N3)cc1. The number of rotatable bonds is 3. The van der Waals surface area contributed by atoms with E-state index in [0.717, 1.165) is 0 Å². The van der Waals surface area contributed by atoms with Crippen molar-refractivity contribution in [2.75, 3.05) is 18.4 Å². The Labute approximate surface area is 152 Å². The Balaban J connectivity index is 1.38. The van der Waals surface area contributed by atoms with Gasteiger partial charge in [-0.05, 0) is 42.3 Å². The average Bonchev–Trinajstić information content (AvgIpc) is 2.65. The molecule has 2 aromatic rings. The Bertz CT molecular complexity index is 804. The van der Waals surface area contributed by atoms with Gasteiger partial charge in [0.05, 0.1) is 0 Å². The maximum atomic E-state index is 13.0. The molecule has 0 aromatic heterocycles. The number of carbonyl (C=O) groups excluding carboxylic acids is 1. The number of piperidine rings is 1. The Morgan fingerprint density at radius 1 is 1.12 bits per heavy atom. The van der Waals surface area contributed by atoms with Crippen LogP contribution in [0, 0.1) is 5.82 Å². The molecule has 3 saturated heterocycles. The van der Waals surface area contributed by atoms with Crippen LogP contribution in [0.5, 0.6) is 0 Å². The summed E-state index contributed by atoms with van der Waals surface area (Å²) in [5.41, 5.74) is 3.14. The van der Waals surface area contributed by atoms with Crippen molar-refractivity contribution in [3.05, 3.63) is 71.6 Å². The predicted molar refractivity (Wildman–Crippen MR) is 102 cm³/mol. The fraction of sp³-hybridized carbons (Fsp3) is 0.286. The number of fused-ring (bicyclic) bond motifs is 2. The van der Waals surface area contributed by atoms with Gasteiger partial charge >= 0.3 is 6.03 Å². The molecule has 2 aromatic carbocycles. The molecule has 2 N–H and O–H groups in total. The van der Waals surface area contributed by atoms with E-state index >= 15 is 0 Å². The lowest BCUT2D eigenvalue weighted by atomic mass is 9.74. The van der Waals surface area contributed by atoms with Gasteiger partial charge in [-0.25, -0.2) is 9.18 Å². The van der Waals surface area contributed by atoms with E-state index < -0.39 is 0 Å². The maximum Gasteiger partial charge on any atom is 0.321 e. The zero-order valence-electron chi connectivity index (χ0n) is 14.7. The number of hydrogen-bond donors (Lipinski definition) is 2. The number of urea groups is 1. The van der Waals surface area contributed by atoms with Crippen molar-refractivity contribution < 1.29 is 9.18 Å². The largest absolute Gasteiger partial charge is 0.321 e. The second kappa shape index (κ2) is 6.92. The van der Waals surface area contributed by atoms with Gasteiger partial charge in [-0.1, -0.05) is 36.4 Å². The van der Waals surface area contributed by atoms with Crippen molar-refractivity contribution in [2.24, 2.45) is 0 Å². The van der Waals surface area contributed by atoms with Crippen molar-refractivity contribution in [3.63, 3.8) is 0 Å². The van der Waals surface area contributed by atoms with Gasteiger partial charge in [-0.2, -0.15) is 0 Å². The highest BCUT2D eigenvalue weighted by molar-refractivity contribution is 5.89. The highest BCUT2D eigenvalue weighted by Crippen LogP contribution is 2.37. The van der Waals surface area contributed by atoms with Crippen molar-refractivity contribution >= 4 is 17.8 Å². The molecule has 5 heteroatoms. The molecule has 1 unspecified atom stereocenters. The second-order valence-corrected chi connectivity index (χ2v) is 6.91. The van der Waals surface area contributed by atoms with Crippen LogP contribution < -0.4 is 10.6 Å². The molecule has 2 amide bonds. The second-order valence-electron chi connectivity index (χ2n) is 6.91. The fourth-order valence-electron chi connectivity index (χ4n) is 3.91. The number of piperazine rings is 1. The number of carbonyl (C=O) groups is 1. The van der Waals surface area contributed by atoms with Crippen molar-refractivity contribution in [1.82, 2.24) is 10.2 Å². The summed E-state index contributed by atoms with van der Waals surface area (Å²) in [4.78, 5) is 14.3. The molecule has 3 aliphatic heterocycles. The van der Waals surface area contributed by atoms with E-state index in [-0.39, 0.29) is 23.9 Å². The van der Waals surface area contributed by atoms with E-state index in [1.54, 1.807) is 12.1 Å². The summed E-state index contributed by atoms with van der Waals surface area (Å²) in [5.74, 6) is 0.138. The molecule has 0 spiro atoms. The quantitative estimate of drug-likeness (QED) is 0.883. The van der Waals surface area contributed by atoms with Gasteiger partial charge in [0.2, 0.25) is 0 Å². The van der Waals surface area contributed by atoms with Crippen molar-refractivity contribution in [2.45, 2.75) is 24.9 Å². The van der Waals surface area contributed by atoms with Crippen LogP contribution in [0.3, 0.4) is 0 Å². The summed E-state index contributed by atoms with van der Waals surface area (Å²) in [6.07, 6.45) is 4.12. The van der Waals surface area contributed by atoms with Crippen LogP contribution in [0.25, 0.3) is 6.08 Å². The monoisotopic (exact) mass is 351 g/mol. The molecule has 3 heterocycles. The van der Waals surface area contributed by atoms with Crippen LogP contribution in [0.1, 0.15) is 24.0 Å². The summed E-state index contributed by atoms with van der Waals surface area (Å²) in [5, 5.41) is 6.38. The average molecular weight is 351 g/mol. The first-order chi connectivity index (χ1) is 12.6. The first-order valence-electron chi connectivity index (χ1n) is 8.94. The summed E-state index contributed by atoms with van der Waals surface area (Å²) >= 11 is 0. The summed E-state index contributed by atoms with van der Waals surface area (Å²) < 4.78 is 13.0. The minimum Gasteiger partial charge on any atom is -0.321 e. The lowest BCUT2D eigenvalue weighted by Crippen LogP contribution is -2.72. The Hall–Kier alpha value is -2.66. The number of anilines is 1. The zero-order valence-corrected chi connectivity index (χ0v) is 14.7. The molecule has 3 fully saturated rings. The molecule has 3 aliphatic rings. The number of benzene rings is 2. The fourth-order valence-corrected chi connectivity index (χ4v) is 3.91. The van der Waals surface area contributed by atoms with E-state index in [2.05, 4.69) is 41.0 Å². The Morgan fingerprint density at radius 3 is 2.38 bits per heavy atom. The first kappa shape index (κ1) is 16.8. The number of hydrogen-bond acceptors (Lipinski definition) is 2. The predicted octanol–water partition coefficient (Wildman–Crippen LogP) is 3.83. The smallest absolute Gasteiger partial charge is 0.321 e. The van der Waals surface area contributed by atoms with Crippen LogP contribution in [0.2, 0.25) is 0 Å². The Kier molecular flexibility index (Phi) is 4.47. The van der Waals surface area contributed by atoms with Gasteiger partial charge in [-0.3, -0.25) is 0 Å². The number of nitrogens with zero attached hydrogens (tertiary/aromatic N) is 1. The summed E-state index contributed by atoms with van der Waals surface area (Å²) in [7, 11) is 0. The van der Waals surface area contributed by atoms with Gasteiger partial charge in [0.25, 0.3) is 0 Å². The van der Waals surface area contributed by atoms with Crippen LogP contribution in [0.15, 0.2) is 54.6 Å². The number of amides is 2. The minimum atomic E-state index is -0.310. The van der Waals surface area contributed by atoms with Crippen LogP contribution in [-0.4, -0.2) is 36.1 Å². The number of allylic oxidation sites excluding steroid dienone is 1. The molecule has 4 nitrogen and oxygen atoms in total. The maximum absolute atomic E-state index is 13.0. The standard InChI is InChI=1S/C21H22FN3O/c1-2-3-14-4-6-15(7-5-14)20-18-12-25(13-19(20)24-18)21(26)23-17-10-8-16(22)9-11-17/h2-11,18-20,24H,12-13H2,1H3,(H,23,26)/b3-2+/t18-,19+,20?. The normalized spacial score (nSPS) is 24.4. The van der Waals surface area contributed by atoms with Gasteiger partial charge in [0.1, 0.15) is 5.82 Å². The van der Waals surface area contributed by atoms with Gasteiger partial charge in [0, 0.05) is 36.8 Å². The lowest BCUT2D eigenvalue weighted by Gasteiger charge is -2.54. The molecule has 26 heavy (non-hydrogen) atoms. The number of nitrogens with one attached hydrogen (secondary N) is 2. The number of halogens is 1. The van der Waals surface area contributed by atoms with Gasteiger partial charge < -0.3 is 15.5 Å². The topological polar surface area (TPSA) is 44.4 Å². The molecule has 0 saturated carbocycles. The molecule has 2 bridgehead atoms.